The van der Waals surface area contributed by atoms with E-state index in [0.717, 1.165) is 24.8 Å². The van der Waals surface area contributed by atoms with Gasteiger partial charge in [0.2, 0.25) is 0 Å². The predicted octanol–water partition coefficient (Wildman–Crippen LogP) is 4.53. The van der Waals surface area contributed by atoms with Gasteiger partial charge in [-0.25, -0.2) is 8.42 Å². The third-order valence-electron chi connectivity index (χ3n) is 4.30. The number of unbranched alkanes of at least 4 members (excludes halogenated alkanes) is 2. The first-order valence-electron chi connectivity index (χ1n) is 9.34. The first-order valence-corrected chi connectivity index (χ1v) is 10.8. The average molecular weight is 389 g/mol. The van der Waals surface area contributed by atoms with Gasteiger partial charge in [-0.1, -0.05) is 51.8 Å². The fourth-order valence-electron chi connectivity index (χ4n) is 2.63. The minimum absolute atomic E-state index is 0.0663. The van der Waals surface area contributed by atoms with Crippen LogP contribution in [0.1, 0.15) is 61.9 Å². The maximum Gasteiger partial charge on any atom is 0.261 e. The second kappa shape index (κ2) is 9.55. The SMILES string of the molecule is CCCCCNC(=O)c1cccc(S(=O)(=O)Nc2ccc(C(C)C)cc2)c1. The van der Waals surface area contributed by atoms with E-state index in [1.807, 2.05) is 12.1 Å². The number of amides is 1. The van der Waals surface area contributed by atoms with Crippen molar-refractivity contribution in [3.05, 3.63) is 59.7 Å². The molecule has 0 aliphatic carbocycles. The largest absolute Gasteiger partial charge is 0.352 e. The second-order valence-corrected chi connectivity index (χ2v) is 8.56. The number of rotatable bonds is 9. The molecule has 0 spiro atoms. The predicted molar refractivity (Wildman–Crippen MR) is 110 cm³/mol. The topological polar surface area (TPSA) is 75.3 Å². The van der Waals surface area contributed by atoms with Crippen molar-refractivity contribution in [2.24, 2.45) is 0 Å². The summed E-state index contributed by atoms with van der Waals surface area (Å²) < 4.78 is 27.9. The van der Waals surface area contributed by atoms with Crippen LogP contribution in [0.3, 0.4) is 0 Å². The van der Waals surface area contributed by atoms with Gasteiger partial charge < -0.3 is 5.32 Å². The van der Waals surface area contributed by atoms with E-state index in [9.17, 15) is 13.2 Å². The monoisotopic (exact) mass is 388 g/mol. The zero-order chi connectivity index (χ0) is 19.9. The Morgan fingerprint density at radius 1 is 1.04 bits per heavy atom. The molecule has 0 aliphatic heterocycles. The molecule has 2 rings (SSSR count). The average Bonchev–Trinajstić information content (AvgIpc) is 2.65. The van der Waals surface area contributed by atoms with Crippen LogP contribution < -0.4 is 10.0 Å². The van der Waals surface area contributed by atoms with Crippen molar-refractivity contribution in [2.75, 3.05) is 11.3 Å². The molecular formula is C21H28N2O3S. The van der Waals surface area contributed by atoms with Crippen molar-refractivity contribution in [1.82, 2.24) is 5.32 Å². The minimum atomic E-state index is -3.76. The van der Waals surface area contributed by atoms with Gasteiger partial charge in [0.25, 0.3) is 15.9 Å². The number of hydrogen-bond acceptors (Lipinski definition) is 3. The maximum absolute atomic E-state index is 12.7. The molecule has 27 heavy (non-hydrogen) atoms. The van der Waals surface area contributed by atoms with Crippen LogP contribution in [0.4, 0.5) is 5.69 Å². The van der Waals surface area contributed by atoms with Crippen molar-refractivity contribution in [2.45, 2.75) is 50.8 Å². The highest BCUT2D eigenvalue weighted by Crippen LogP contribution is 2.20. The quantitative estimate of drug-likeness (QED) is 0.620. The lowest BCUT2D eigenvalue weighted by Gasteiger charge is -2.11. The van der Waals surface area contributed by atoms with E-state index in [-0.39, 0.29) is 10.8 Å². The lowest BCUT2D eigenvalue weighted by molar-refractivity contribution is 0.0952. The van der Waals surface area contributed by atoms with E-state index in [2.05, 4.69) is 30.8 Å². The summed E-state index contributed by atoms with van der Waals surface area (Å²) in [4.78, 5) is 12.3. The van der Waals surface area contributed by atoms with Crippen LogP contribution >= 0.6 is 0 Å². The van der Waals surface area contributed by atoms with Crippen LogP contribution in [0.5, 0.6) is 0 Å². The van der Waals surface area contributed by atoms with Gasteiger partial charge in [-0.2, -0.15) is 0 Å². The second-order valence-electron chi connectivity index (χ2n) is 6.87. The van der Waals surface area contributed by atoms with Gasteiger partial charge >= 0.3 is 0 Å². The van der Waals surface area contributed by atoms with Crippen LogP contribution in [-0.2, 0) is 10.0 Å². The van der Waals surface area contributed by atoms with Crippen LogP contribution in [0.15, 0.2) is 53.4 Å². The Morgan fingerprint density at radius 3 is 2.37 bits per heavy atom. The van der Waals surface area contributed by atoms with Gasteiger partial charge in [-0.05, 0) is 48.2 Å². The van der Waals surface area contributed by atoms with Gasteiger partial charge in [-0.3, -0.25) is 9.52 Å². The Kier molecular flexibility index (Phi) is 7.42. The highest BCUT2D eigenvalue weighted by Gasteiger charge is 2.16. The fourth-order valence-corrected chi connectivity index (χ4v) is 3.74. The standard InChI is InChI=1S/C21H28N2O3S/c1-4-5-6-14-22-21(24)18-8-7-9-20(15-18)27(25,26)23-19-12-10-17(11-13-19)16(2)3/h7-13,15-16,23H,4-6,14H2,1-3H3,(H,22,24). The molecule has 0 saturated carbocycles. The van der Waals surface area contributed by atoms with Crippen LogP contribution in [0, 0.1) is 0 Å². The molecule has 6 heteroatoms. The van der Waals surface area contributed by atoms with E-state index in [4.69, 9.17) is 0 Å². The van der Waals surface area contributed by atoms with Crippen LogP contribution in [-0.4, -0.2) is 20.9 Å². The highest BCUT2D eigenvalue weighted by molar-refractivity contribution is 7.92. The number of hydrogen-bond donors (Lipinski definition) is 2. The Hall–Kier alpha value is -2.34. The molecule has 0 heterocycles. The van der Waals surface area contributed by atoms with E-state index >= 15 is 0 Å². The molecule has 0 bridgehead atoms. The maximum atomic E-state index is 12.7. The van der Waals surface area contributed by atoms with Gasteiger partial charge in [0.05, 0.1) is 4.90 Å². The molecule has 2 aromatic carbocycles. The molecule has 0 radical (unpaired) electrons. The third kappa shape index (κ3) is 6.10. The number of carbonyl (C=O) groups is 1. The molecule has 5 nitrogen and oxygen atoms in total. The molecular weight excluding hydrogens is 360 g/mol. The molecule has 2 N–H and O–H groups in total. The molecule has 1 amide bonds. The molecule has 0 aromatic heterocycles. The minimum Gasteiger partial charge on any atom is -0.352 e. The number of sulfonamides is 1. The summed E-state index contributed by atoms with van der Waals surface area (Å²) in [7, 11) is -3.76. The number of anilines is 1. The zero-order valence-corrected chi connectivity index (χ0v) is 17.0. The van der Waals surface area contributed by atoms with E-state index in [0.29, 0.717) is 23.7 Å². The zero-order valence-electron chi connectivity index (χ0n) is 16.2. The van der Waals surface area contributed by atoms with Crippen molar-refractivity contribution < 1.29 is 13.2 Å². The number of benzene rings is 2. The summed E-state index contributed by atoms with van der Waals surface area (Å²) in [6, 6.07) is 13.4. The van der Waals surface area contributed by atoms with Crippen molar-refractivity contribution in [3.63, 3.8) is 0 Å². The third-order valence-corrected chi connectivity index (χ3v) is 5.68. The van der Waals surface area contributed by atoms with Crippen molar-refractivity contribution in [1.29, 1.82) is 0 Å². The summed E-state index contributed by atoms with van der Waals surface area (Å²) >= 11 is 0. The first kappa shape index (κ1) is 21.0. The van der Waals surface area contributed by atoms with Crippen molar-refractivity contribution in [3.8, 4) is 0 Å². The molecule has 0 fully saturated rings. The first-order chi connectivity index (χ1) is 12.8. The lowest BCUT2D eigenvalue weighted by Crippen LogP contribution is -2.24. The van der Waals surface area contributed by atoms with E-state index in [1.54, 1.807) is 24.3 Å². The van der Waals surface area contributed by atoms with Crippen molar-refractivity contribution >= 4 is 21.6 Å². The summed E-state index contributed by atoms with van der Waals surface area (Å²) in [5.74, 6) is 0.118. The van der Waals surface area contributed by atoms with Crippen LogP contribution in [0.2, 0.25) is 0 Å². The van der Waals surface area contributed by atoms with Crippen LogP contribution in [0.25, 0.3) is 0 Å². The number of nitrogens with one attached hydrogen (secondary N) is 2. The smallest absolute Gasteiger partial charge is 0.261 e. The molecule has 0 unspecified atom stereocenters. The molecule has 0 saturated heterocycles. The summed E-state index contributed by atoms with van der Waals surface area (Å²) in [6.45, 7) is 6.85. The van der Waals surface area contributed by atoms with E-state index in [1.165, 1.54) is 12.1 Å². The Balaban J connectivity index is 2.10. The van der Waals surface area contributed by atoms with Gasteiger partial charge in [-0.15, -0.1) is 0 Å². The van der Waals surface area contributed by atoms with Gasteiger partial charge in [0.15, 0.2) is 0 Å². The summed E-state index contributed by atoms with van der Waals surface area (Å²) in [5.41, 5.74) is 1.97. The fraction of sp³-hybridized carbons (Fsp3) is 0.381. The Morgan fingerprint density at radius 2 is 1.74 bits per heavy atom. The molecule has 146 valence electrons. The highest BCUT2D eigenvalue weighted by atomic mass is 32.2. The number of carbonyl (C=O) groups excluding carboxylic acids is 1. The molecule has 0 atom stereocenters. The summed E-state index contributed by atoms with van der Waals surface area (Å²) in [5, 5.41) is 2.82. The Labute approximate surface area is 162 Å². The lowest BCUT2D eigenvalue weighted by atomic mass is 10.0. The van der Waals surface area contributed by atoms with E-state index < -0.39 is 10.0 Å². The summed E-state index contributed by atoms with van der Waals surface area (Å²) in [6.07, 6.45) is 3.04. The Bertz CT molecular complexity index is 859. The normalized spacial score (nSPS) is 11.4. The van der Waals surface area contributed by atoms with Gasteiger partial charge in [0.1, 0.15) is 0 Å². The molecule has 2 aromatic rings. The van der Waals surface area contributed by atoms with Gasteiger partial charge in [0, 0.05) is 17.8 Å². The molecule has 0 aliphatic rings.